The molecule has 9 nitrogen and oxygen atoms in total. The Morgan fingerprint density at radius 1 is 1.23 bits per heavy atom. The average Bonchev–Trinajstić information content (AvgIpc) is 2.49. The van der Waals surface area contributed by atoms with Crippen LogP contribution in [0.2, 0.25) is 0 Å². The molecule has 0 heterocycles. The number of ether oxygens (including phenoxy) is 1. The van der Waals surface area contributed by atoms with Gasteiger partial charge < -0.3 is 41.3 Å². The van der Waals surface area contributed by atoms with Gasteiger partial charge in [0.1, 0.15) is 24.4 Å². The van der Waals surface area contributed by atoms with Gasteiger partial charge in [0.05, 0.1) is 12.7 Å². The molecule has 0 fully saturated rings. The molecular weight excluding hydrogens is 296 g/mol. The molecular formula is C13H28N2O7. The van der Waals surface area contributed by atoms with Crippen molar-refractivity contribution in [3.8, 4) is 0 Å². The number of aliphatic hydroxyl groups is 4. The van der Waals surface area contributed by atoms with Gasteiger partial charge in [-0.05, 0) is 19.4 Å². The highest BCUT2D eigenvalue weighted by molar-refractivity contribution is 5.72. The van der Waals surface area contributed by atoms with E-state index >= 15 is 0 Å². The Bertz CT molecular complexity index is 306. The smallest absolute Gasteiger partial charge is 0.320 e. The van der Waals surface area contributed by atoms with E-state index in [2.05, 4.69) is 5.32 Å². The Morgan fingerprint density at radius 2 is 1.86 bits per heavy atom. The van der Waals surface area contributed by atoms with E-state index in [9.17, 15) is 20.1 Å². The number of rotatable bonds is 13. The number of carboxylic acid groups (broad SMARTS) is 1. The van der Waals surface area contributed by atoms with Crippen molar-refractivity contribution in [1.29, 1.82) is 0 Å². The molecule has 0 bridgehead atoms. The number of nitrogens with two attached hydrogens (primary N) is 1. The third-order valence-electron chi connectivity index (χ3n) is 3.36. The number of carboxylic acids is 1. The Morgan fingerprint density at radius 3 is 2.36 bits per heavy atom. The maximum absolute atomic E-state index is 10.5. The number of unbranched alkanes of at least 4 members (excludes halogenated alkanes) is 1. The fourth-order valence-electron chi connectivity index (χ4n) is 1.95. The Kier molecular flexibility index (Phi) is 11.3. The molecule has 0 saturated carbocycles. The maximum Gasteiger partial charge on any atom is 0.320 e. The fraction of sp³-hybridized carbons (Fsp3) is 0.923. The second-order valence-corrected chi connectivity index (χ2v) is 5.15. The van der Waals surface area contributed by atoms with Crippen LogP contribution in [0.4, 0.5) is 0 Å². The quantitative estimate of drug-likeness (QED) is 0.178. The van der Waals surface area contributed by atoms with Crippen LogP contribution in [-0.2, 0) is 9.53 Å². The number of hydrogen-bond acceptors (Lipinski definition) is 8. The highest BCUT2D eigenvalue weighted by atomic mass is 16.5. The van der Waals surface area contributed by atoms with Gasteiger partial charge in [-0.25, -0.2) is 0 Å². The minimum atomic E-state index is -1.40. The van der Waals surface area contributed by atoms with Gasteiger partial charge in [-0.1, -0.05) is 6.42 Å². The number of aliphatic hydroxyl groups excluding tert-OH is 4. The normalized spacial score (nSPS) is 18.5. The van der Waals surface area contributed by atoms with E-state index in [0.717, 1.165) is 0 Å². The van der Waals surface area contributed by atoms with E-state index in [1.165, 1.54) is 7.11 Å². The Labute approximate surface area is 129 Å². The standard InChI is InChI=1S/C13H28N2O7/c1-22-12(11(19)10(18)7-16)9(17)6-15-5-3-2-4-8(14)13(20)21/h8-12,15-19H,2-7,14H2,1H3,(H,20,21)/t8?,9-,10+,11+,12+/m0/s1. The van der Waals surface area contributed by atoms with E-state index < -0.39 is 43.0 Å². The highest BCUT2D eigenvalue weighted by Crippen LogP contribution is 2.08. The summed E-state index contributed by atoms with van der Waals surface area (Å²) in [4.78, 5) is 10.5. The zero-order valence-electron chi connectivity index (χ0n) is 12.8. The molecule has 5 atom stereocenters. The number of carbonyl (C=O) groups is 1. The molecule has 132 valence electrons. The molecule has 0 aromatic rings. The number of aliphatic carboxylic acids is 1. The Hall–Kier alpha value is -0.810. The lowest BCUT2D eigenvalue weighted by molar-refractivity contribution is -0.138. The summed E-state index contributed by atoms with van der Waals surface area (Å²) in [6, 6.07) is -0.862. The van der Waals surface area contributed by atoms with E-state index in [4.69, 9.17) is 20.7 Å². The molecule has 0 aliphatic rings. The van der Waals surface area contributed by atoms with Crippen LogP contribution in [-0.4, -0.2) is 88.8 Å². The van der Waals surface area contributed by atoms with Crippen LogP contribution in [0.15, 0.2) is 0 Å². The summed E-state index contributed by atoms with van der Waals surface area (Å²) < 4.78 is 4.94. The third kappa shape index (κ3) is 7.99. The van der Waals surface area contributed by atoms with Gasteiger partial charge in [0, 0.05) is 13.7 Å². The molecule has 0 rings (SSSR count). The van der Waals surface area contributed by atoms with E-state index in [1.807, 2.05) is 0 Å². The van der Waals surface area contributed by atoms with Crippen molar-refractivity contribution in [3.05, 3.63) is 0 Å². The topological polar surface area (TPSA) is 166 Å². The first-order valence-electron chi connectivity index (χ1n) is 7.22. The molecule has 1 unspecified atom stereocenters. The largest absolute Gasteiger partial charge is 0.480 e. The van der Waals surface area contributed by atoms with Crippen molar-refractivity contribution in [3.63, 3.8) is 0 Å². The van der Waals surface area contributed by atoms with Crippen LogP contribution in [0.5, 0.6) is 0 Å². The third-order valence-corrected chi connectivity index (χ3v) is 3.36. The number of methoxy groups -OCH3 is 1. The lowest BCUT2D eigenvalue weighted by Gasteiger charge is -2.28. The first-order chi connectivity index (χ1) is 10.3. The molecule has 0 radical (unpaired) electrons. The molecule has 0 saturated heterocycles. The predicted molar refractivity (Wildman–Crippen MR) is 78.2 cm³/mol. The zero-order valence-corrected chi connectivity index (χ0v) is 12.8. The fourth-order valence-corrected chi connectivity index (χ4v) is 1.95. The van der Waals surface area contributed by atoms with Crippen molar-refractivity contribution in [2.45, 2.75) is 49.7 Å². The van der Waals surface area contributed by atoms with Crippen molar-refractivity contribution in [2.75, 3.05) is 26.8 Å². The first-order valence-corrected chi connectivity index (χ1v) is 7.22. The molecule has 8 N–H and O–H groups in total. The summed E-state index contributed by atoms with van der Waals surface area (Å²) in [5.74, 6) is -1.03. The molecule has 9 heteroatoms. The zero-order chi connectivity index (χ0) is 17.1. The van der Waals surface area contributed by atoms with Gasteiger partial charge in [-0.3, -0.25) is 4.79 Å². The molecule has 0 amide bonds. The van der Waals surface area contributed by atoms with Gasteiger partial charge in [0.15, 0.2) is 0 Å². The van der Waals surface area contributed by atoms with Gasteiger partial charge >= 0.3 is 5.97 Å². The number of nitrogens with one attached hydrogen (secondary N) is 1. The summed E-state index contributed by atoms with van der Waals surface area (Å²) in [7, 11) is 1.29. The van der Waals surface area contributed by atoms with E-state index in [-0.39, 0.29) is 6.54 Å². The molecule has 0 spiro atoms. The second-order valence-electron chi connectivity index (χ2n) is 5.15. The monoisotopic (exact) mass is 324 g/mol. The van der Waals surface area contributed by atoms with Crippen molar-refractivity contribution in [1.82, 2.24) is 5.32 Å². The molecule has 0 aromatic carbocycles. The summed E-state index contributed by atoms with van der Waals surface area (Å²) >= 11 is 0. The first kappa shape index (κ1) is 21.2. The summed E-state index contributed by atoms with van der Waals surface area (Å²) in [5, 5.41) is 49.3. The molecule has 22 heavy (non-hydrogen) atoms. The summed E-state index contributed by atoms with van der Waals surface area (Å²) in [6.45, 7) is 0.0299. The summed E-state index contributed by atoms with van der Waals surface area (Å²) in [5.41, 5.74) is 5.36. The van der Waals surface area contributed by atoms with E-state index in [1.54, 1.807) is 0 Å². The van der Waals surface area contributed by atoms with Crippen LogP contribution >= 0.6 is 0 Å². The Balaban J connectivity index is 3.91. The minimum absolute atomic E-state index is 0.124. The number of hydrogen-bond donors (Lipinski definition) is 7. The van der Waals surface area contributed by atoms with Crippen LogP contribution < -0.4 is 11.1 Å². The van der Waals surface area contributed by atoms with Crippen LogP contribution in [0.25, 0.3) is 0 Å². The average molecular weight is 324 g/mol. The SMILES string of the molecule is CO[C@@H]([C@H](O)[C@H](O)CO)[C@@H](O)CNCCCCC(N)C(=O)O. The van der Waals surface area contributed by atoms with Crippen LogP contribution in [0.1, 0.15) is 19.3 Å². The minimum Gasteiger partial charge on any atom is -0.480 e. The van der Waals surface area contributed by atoms with Gasteiger partial charge in [0.2, 0.25) is 0 Å². The molecule has 0 aromatic heterocycles. The van der Waals surface area contributed by atoms with Crippen molar-refractivity contribution >= 4 is 5.97 Å². The maximum atomic E-state index is 10.5. The van der Waals surface area contributed by atoms with Gasteiger partial charge in [0.25, 0.3) is 0 Å². The van der Waals surface area contributed by atoms with E-state index in [0.29, 0.717) is 25.8 Å². The highest BCUT2D eigenvalue weighted by Gasteiger charge is 2.31. The van der Waals surface area contributed by atoms with Crippen LogP contribution in [0.3, 0.4) is 0 Å². The second kappa shape index (κ2) is 11.7. The van der Waals surface area contributed by atoms with Crippen molar-refractivity contribution in [2.24, 2.45) is 5.73 Å². The van der Waals surface area contributed by atoms with Gasteiger partial charge in [-0.2, -0.15) is 0 Å². The van der Waals surface area contributed by atoms with Crippen molar-refractivity contribution < 1.29 is 35.1 Å². The lowest BCUT2D eigenvalue weighted by atomic mass is 10.0. The van der Waals surface area contributed by atoms with Gasteiger partial charge in [-0.15, -0.1) is 0 Å². The molecule has 0 aliphatic carbocycles. The molecule has 0 aliphatic heterocycles. The van der Waals surface area contributed by atoms with Crippen LogP contribution in [0, 0.1) is 0 Å². The lowest BCUT2D eigenvalue weighted by Crippen LogP contribution is -2.50. The predicted octanol–water partition coefficient (Wildman–Crippen LogP) is -2.75. The summed E-state index contributed by atoms with van der Waals surface area (Å²) in [6.07, 6.45) is -3.19.